The van der Waals surface area contributed by atoms with Crippen molar-refractivity contribution < 1.29 is 9.53 Å². The van der Waals surface area contributed by atoms with E-state index in [4.69, 9.17) is 4.74 Å². The van der Waals surface area contributed by atoms with E-state index in [-0.39, 0.29) is 12.0 Å². The first kappa shape index (κ1) is 19.5. The number of carbonyl (C=O) groups is 1. The van der Waals surface area contributed by atoms with Crippen molar-refractivity contribution in [2.24, 2.45) is 0 Å². The maximum atomic E-state index is 12.0. The molecule has 2 aliphatic heterocycles. The normalized spacial score (nSPS) is 19.8. The summed E-state index contributed by atoms with van der Waals surface area (Å²) in [5.74, 6) is 0.386. The summed E-state index contributed by atoms with van der Waals surface area (Å²) in [4.78, 5) is 16.7. The summed E-state index contributed by atoms with van der Waals surface area (Å²) in [6.07, 6.45) is 2.30. The minimum Gasteiger partial charge on any atom is -0.376 e. The molecule has 0 saturated carbocycles. The Bertz CT molecular complexity index is 759. The minimum absolute atomic E-state index is 0.0220. The number of anilines is 2. The number of aromatic nitrogens is 2. The van der Waals surface area contributed by atoms with Crippen LogP contribution in [0.2, 0.25) is 0 Å². The number of piperazine rings is 1. The van der Waals surface area contributed by atoms with Gasteiger partial charge in [0.2, 0.25) is 11.0 Å². The van der Waals surface area contributed by atoms with Gasteiger partial charge in [0.25, 0.3) is 0 Å². The van der Waals surface area contributed by atoms with Crippen LogP contribution in [0.3, 0.4) is 0 Å². The second-order valence-electron chi connectivity index (χ2n) is 6.89. The first-order valence-electron chi connectivity index (χ1n) is 9.67. The predicted octanol–water partition coefficient (Wildman–Crippen LogP) is 2.25. The van der Waals surface area contributed by atoms with E-state index in [0.717, 1.165) is 55.1 Å². The van der Waals surface area contributed by atoms with E-state index in [9.17, 15) is 4.79 Å². The van der Waals surface area contributed by atoms with Crippen molar-refractivity contribution in [3.05, 3.63) is 30.3 Å². The Labute approximate surface area is 173 Å². The average Bonchev–Trinajstić information content (AvgIpc) is 3.44. The smallest absolute Gasteiger partial charge is 0.230 e. The largest absolute Gasteiger partial charge is 0.376 e. The van der Waals surface area contributed by atoms with Gasteiger partial charge in [0.1, 0.15) is 0 Å². The van der Waals surface area contributed by atoms with Crippen molar-refractivity contribution in [2.45, 2.75) is 23.3 Å². The molecule has 2 saturated heterocycles. The van der Waals surface area contributed by atoms with E-state index >= 15 is 0 Å². The third-order valence-corrected chi connectivity index (χ3v) is 7.06. The predicted molar refractivity (Wildman–Crippen MR) is 113 cm³/mol. The van der Waals surface area contributed by atoms with Crippen molar-refractivity contribution in [1.82, 2.24) is 15.5 Å². The number of hydrogen-bond donors (Lipinski definition) is 1. The molecule has 4 rings (SSSR count). The molecule has 7 nitrogen and oxygen atoms in total. The number of para-hydroxylation sites is 1. The van der Waals surface area contributed by atoms with E-state index in [1.807, 2.05) is 6.07 Å². The Morgan fingerprint density at radius 3 is 2.71 bits per heavy atom. The molecule has 0 bridgehead atoms. The molecule has 2 fully saturated rings. The molecule has 0 spiro atoms. The lowest BCUT2D eigenvalue weighted by Crippen LogP contribution is -2.46. The third-order valence-electron chi connectivity index (χ3n) is 4.94. The Balaban J connectivity index is 1.20. The number of hydrogen-bond acceptors (Lipinski definition) is 8. The molecule has 0 radical (unpaired) electrons. The number of amides is 1. The number of nitrogens with one attached hydrogen (secondary N) is 1. The third kappa shape index (κ3) is 5.15. The van der Waals surface area contributed by atoms with E-state index in [1.54, 1.807) is 11.3 Å². The lowest BCUT2D eigenvalue weighted by Gasteiger charge is -2.35. The number of benzene rings is 1. The molecule has 0 aliphatic carbocycles. The van der Waals surface area contributed by atoms with E-state index in [0.29, 0.717) is 12.3 Å². The maximum Gasteiger partial charge on any atom is 0.230 e. The number of carbonyl (C=O) groups excluding carboxylic acids is 1. The molecule has 28 heavy (non-hydrogen) atoms. The van der Waals surface area contributed by atoms with Gasteiger partial charge >= 0.3 is 0 Å². The highest BCUT2D eigenvalue weighted by Crippen LogP contribution is 2.29. The SMILES string of the molecule is O=C(CSc1nnc(N2CCN(c3ccccc3)CC2)s1)NCC1CCCO1. The highest BCUT2D eigenvalue weighted by Gasteiger charge is 2.21. The van der Waals surface area contributed by atoms with Gasteiger partial charge in [0.15, 0.2) is 4.34 Å². The van der Waals surface area contributed by atoms with Crippen molar-refractivity contribution in [3.63, 3.8) is 0 Å². The fraction of sp³-hybridized carbons (Fsp3) is 0.526. The summed E-state index contributed by atoms with van der Waals surface area (Å²) in [7, 11) is 0. The molecule has 1 amide bonds. The Kier molecular flexibility index (Phi) is 6.66. The van der Waals surface area contributed by atoms with Crippen LogP contribution >= 0.6 is 23.1 Å². The van der Waals surface area contributed by atoms with Crippen LogP contribution in [0.1, 0.15) is 12.8 Å². The highest BCUT2D eigenvalue weighted by atomic mass is 32.2. The number of nitrogens with zero attached hydrogens (tertiary/aromatic N) is 4. The fourth-order valence-corrected chi connectivity index (χ4v) is 5.12. The quantitative estimate of drug-likeness (QED) is 0.690. The van der Waals surface area contributed by atoms with Gasteiger partial charge in [-0.2, -0.15) is 0 Å². The average molecular weight is 420 g/mol. The monoisotopic (exact) mass is 419 g/mol. The summed E-state index contributed by atoms with van der Waals surface area (Å²) in [6.45, 7) is 5.20. The minimum atomic E-state index is 0.0220. The Morgan fingerprint density at radius 1 is 1.18 bits per heavy atom. The summed E-state index contributed by atoms with van der Waals surface area (Å²) < 4.78 is 6.36. The second kappa shape index (κ2) is 9.58. The molecule has 3 heterocycles. The first-order valence-corrected chi connectivity index (χ1v) is 11.5. The molecule has 150 valence electrons. The van der Waals surface area contributed by atoms with Crippen LogP contribution in [0.15, 0.2) is 34.7 Å². The van der Waals surface area contributed by atoms with Gasteiger partial charge in [0, 0.05) is 45.0 Å². The first-order chi connectivity index (χ1) is 13.8. The molecule has 9 heteroatoms. The van der Waals surface area contributed by atoms with Gasteiger partial charge in [-0.05, 0) is 25.0 Å². The summed E-state index contributed by atoms with van der Waals surface area (Å²) in [6, 6.07) is 10.5. The highest BCUT2D eigenvalue weighted by molar-refractivity contribution is 8.01. The summed E-state index contributed by atoms with van der Waals surface area (Å²) in [5.41, 5.74) is 1.27. The Morgan fingerprint density at radius 2 is 1.96 bits per heavy atom. The number of thioether (sulfide) groups is 1. The molecular weight excluding hydrogens is 394 g/mol. The van der Waals surface area contributed by atoms with E-state index < -0.39 is 0 Å². The molecule has 1 unspecified atom stereocenters. The zero-order valence-electron chi connectivity index (χ0n) is 15.7. The van der Waals surface area contributed by atoms with Crippen LogP contribution in [0.25, 0.3) is 0 Å². The van der Waals surface area contributed by atoms with Gasteiger partial charge in [-0.15, -0.1) is 10.2 Å². The summed E-state index contributed by atoms with van der Waals surface area (Å²) >= 11 is 3.01. The lowest BCUT2D eigenvalue weighted by molar-refractivity contribution is -0.119. The zero-order chi connectivity index (χ0) is 19.2. The van der Waals surface area contributed by atoms with Gasteiger partial charge in [-0.25, -0.2) is 0 Å². The van der Waals surface area contributed by atoms with Crippen LogP contribution in [0, 0.1) is 0 Å². The second-order valence-corrected chi connectivity index (χ2v) is 9.07. The number of ether oxygens (including phenoxy) is 1. The van der Waals surface area contributed by atoms with Crippen molar-refractivity contribution in [3.8, 4) is 0 Å². The fourth-order valence-electron chi connectivity index (χ4n) is 3.39. The summed E-state index contributed by atoms with van der Waals surface area (Å²) in [5, 5.41) is 12.5. The maximum absolute atomic E-state index is 12.0. The zero-order valence-corrected chi connectivity index (χ0v) is 17.4. The van der Waals surface area contributed by atoms with Crippen molar-refractivity contribution in [1.29, 1.82) is 0 Å². The lowest BCUT2D eigenvalue weighted by atomic mass is 10.2. The van der Waals surface area contributed by atoms with Gasteiger partial charge in [-0.1, -0.05) is 41.3 Å². The van der Waals surface area contributed by atoms with Crippen LogP contribution in [-0.4, -0.2) is 67.3 Å². The van der Waals surface area contributed by atoms with Crippen LogP contribution in [-0.2, 0) is 9.53 Å². The van der Waals surface area contributed by atoms with Crippen molar-refractivity contribution >= 4 is 39.8 Å². The standard InChI is InChI=1S/C19H25N5O2S2/c25-17(20-13-16-7-4-12-26-16)14-27-19-22-21-18(28-19)24-10-8-23(9-11-24)15-5-2-1-3-6-15/h1-3,5-6,16H,4,7-14H2,(H,20,25). The van der Waals surface area contributed by atoms with Crippen molar-refractivity contribution in [2.75, 3.05) is 54.9 Å². The van der Waals surface area contributed by atoms with Crippen LogP contribution in [0.5, 0.6) is 0 Å². The Hall–Kier alpha value is -1.84. The molecular formula is C19H25N5O2S2. The van der Waals surface area contributed by atoms with Gasteiger partial charge in [-0.3, -0.25) is 4.79 Å². The number of rotatable bonds is 7. The molecule has 2 aromatic rings. The topological polar surface area (TPSA) is 70.6 Å². The molecule has 2 aliphatic rings. The van der Waals surface area contributed by atoms with E-state index in [1.165, 1.54) is 17.4 Å². The van der Waals surface area contributed by atoms with Crippen LogP contribution < -0.4 is 15.1 Å². The van der Waals surface area contributed by atoms with E-state index in [2.05, 4.69) is 49.6 Å². The molecule has 1 N–H and O–H groups in total. The van der Waals surface area contributed by atoms with Gasteiger partial charge < -0.3 is 19.9 Å². The molecule has 1 atom stereocenters. The molecule has 1 aromatic heterocycles. The van der Waals surface area contributed by atoms with Crippen LogP contribution in [0.4, 0.5) is 10.8 Å². The van der Waals surface area contributed by atoms with Gasteiger partial charge in [0.05, 0.1) is 11.9 Å². The molecule has 1 aromatic carbocycles.